The number of nitrogens with zero attached hydrogens (tertiary/aromatic N) is 2. The Balaban J connectivity index is 1.22. The summed E-state index contributed by atoms with van der Waals surface area (Å²) in [6.45, 7) is 2.26. The van der Waals surface area contributed by atoms with Gasteiger partial charge >= 0.3 is 0 Å². The van der Waals surface area contributed by atoms with Gasteiger partial charge in [0.2, 0.25) is 0 Å². The largest absolute Gasteiger partial charge is 0.497 e. The number of ether oxygens (including phenoxy) is 2. The number of hydrogen-bond donors (Lipinski definition) is 1. The standard InChI is InChI=1S/C30H34BrN3O3/c1-36-25-13-10-14-26(22-25)37-20-8-7-19-34-28-16-5-4-15-27(28)33-29(34)17-3-2-6-18-32-30(35)23-11-9-12-24(31)21-23/h4-5,9-16,21-22H,2-3,6-8,17-20H2,1H3,(H,32,35). The lowest BCUT2D eigenvalue weighted by atomic mass is 10.1. The molecule has 0 saturated carbocycles. The SMILES string of the molecule is COc1cccc(OCCCCn2c(CCCCCNC(=O)c3cccc(Br)c3)nc3ccccc32)c1. The van der Waals surface area contributed by atoms with Crippen LogP contribution in [0.5, 0.6) is 11.5 Å². The Kier molecular flexibility index (Phi) is 10.0. The van der Waals surface area contributed by atoms with Gasteiger partial charge in [0, 0.05) is 35.6 Å². The molecule has 6 nitrogen and oxygen atoms in total. The van der Waals surface area contributed by atoms with E-state index in [-0.39, 0.29) is 5.91 Å². The average Bonchev–Trinajstić information content (AvgIpc) is 3.27. The molecule has 194 valence electrons. The maximum atomic E-state index is 12.3. The summed E-state index contributed by atoms with van der Waals surface area (Å²) in [4.78, 5) is 17.2. The Labute approximate surface area is 227 Å². The van der Waals surface area contributed by atoms with Gasteiger partial charge in [-0.25, -0.2) is 4.98 Å². The highest BCUT2D eigenvalue weighted by Gasteiger charge is 2.10. The highest BCUT2D eigenvalue weighted by molar-refractivity contribution is 9.10. The molecule has 0 saturated heterocycles. The lowest BCUT2D eigenvalue weighted by Gasteiger charge is -2.11. The number of unbranched alkanes of at least 4 members (excludes halogenated alkanes) is 3. The van der Waals surface area contributed by atoms with E-state index in [1.165, 1.54) is 5.52 Å². The number of nitrogens with one attached hydrogen (secondary N) is 1. The molecule has 0 unspecified atom stereocenters. The van der Waals surface area contributed by atoms with Crippen molar-refractivity contribution in [3.05, 3.63) is 88.7 Å². The van der Waals surface area contributed by atoms with Crippen LogP contribution in [0.4, 0.5) is 0 Å². The second-order valence-electron chi connectivity index (χ2n) is 8.98. The van der Waals surface area contributed by atoms with Gasteiger partial charge < -0.3 is 19.4 Å². The molecule has 1 N–H and O–H groups in total. The van der Waals surface area contributed by atoms with Gasteiger partial charge in [-0.1, -0.05) is 46.6 Å². The van der Waals surface area contributed by atoms with Gasteiger partial charge in [-0.3, -0.25) is 4.79 Å². The fraction of sp³-hybridized carbons (Fsp3) is 0.333. The zero-order chi connectivity index (χ0) is 25.9. The Bertz CT molecular complexity index is 1300. The van der Waals surface area contributed by atoms with Crippen LogP contribution in [0.15, 0.2) is 77.3 Å². The zero-order valence-corrected chi connectivity index (χ0v) is 22.9. The Morgan fingerprint density at radius 3 is 2.62 bits per heavy atom. The van der Waals surface area contributed by atoms with Crippen molar-refractivity contribution in [3.8, 4) is 11.5 Å². The van der Waals surface area contributed by atoms with Crippen LogP contribution in [0.25, 0.3) is 11.0 Å². The van der Waals surface area contributed by atoms with Crippen molar-refractivity contribution in [3.63, 3.8) is 0 Å². The molecule has 4 aromatic rings. The fourth-order valence-corrected chi connectivity index (χ4v) is 4.74. The van der Waals surface area contributed by atoms with Crippen LogP contribution in [0.1, 0.15) is 48.3 Å². The molecule has 7 heteroatoms. The minimum atomic E-state index is -0.0292. The normalized spacial score (nSPS) is 11.0. The average molecular weight is 565 g/mol. The molecular formula is C30H34BrN3O3. The number of para-hydroxylation sites is 2. The minimum absolute atomic E-state index is 0.0292. The number of halogens is 1. The van der Waals surface area contributed by atoms with Crippen LogP contribution in [-0.2, 0) is 13.0 Å². The summed E-state index contributed by atoms with van der Waals surface area (Å²) in [5.74, 6) is 2.74. The summed E-state index contributed by atoms with van der Waals surface area (Å²) in [6.07, 6.45) is 5.92. The maximum absolute atomic E-state index is 12.3. The number of aromatic nitrogens is 2. The predicted molar refractivity (Wildman–Crippen MR) is 151 cm³/mol. The van der Waals surface area contributed by atoms with E-state index in [9.17, 15) is 4.79 Å². The number of hydrogen-bond acceptors (Lipinski definition) is 4. The van der Waals surface area contributed by atoms with E-state index in [4.69, 9.17) is 14.5 Å². The molecule has 0 radical (unpaired) electrons. The highest BCUT2D eigenvalue weighted by atomic mass is 79.9. The van der Waals surface area contributed by atoms with Gasteiger partial charge in [0.1, 0.15) is 17.3 Å². The number of methoxy groups -OCH3 is 1. The van der Waals surface area contributed by atoms with Crippen molar-refractivity contribution in [2.24, 2.45) is 0 Å². The number of carbonyl (C=O) groups excluding carboxylic acids is 1. The molecule has 0 fully saturated rings. The molecule has 0 spiro atoms. The molecule has 1 amide bonds. The molecule has 0 aliphatic heterocycles. The van der Waals surface area contributed by atoms with Crippen LogP contribution in [0.2, 0.25) is 0 Å². The Morgan fingerprint density at radius 2 is 1.76 bits per heavy atom. The van der Waals surface area contributed by atoms with Crippen molar-refractivity contribution < 1.29 is 14.3 Å². The smallest absolute Gasteiger partial charge is 0.251 e. The number of aryl methyl sites for hydroxylation is 2. The van der Waals surface area contributed by atoms with Gasteiger partial charge in [-0.15, -0.1) is 0 Å². The van der Waals surface area contributed by atoms with E-state index in [1.807, 2.05) is 54.6 Å². The van der Waals surface area contributed by atoms with Crippen molar-refractivity contribution in [1.29, 1.82) is 0 Å². The van der Waals surface area contributed by atoms with Crippen molar-refractivity contribution in [1.82, 2.24) is 14.9 Å². The second-order valence-corrected chi connectivity index (χ2v) is 9.90. The third-order valence-corrected chi connectivity index (χ3v) is 6.76. The highest BCUT2D eigenvalue weighted by Crippen LogP contribution is 2.21. The van der Waals surface area contributed by atoms with Crippen LogP contribution in [0.3, 0.4) is 0 Å². The number of fused-ring (bicyclic) bond motifs is 1. The molecule has 1 aromatic heterocycles. The van der Waals surface area contributed by atoms with Gasteiger partial charge in [-0.2, -0.15) is 0 Å². The van der Waals surface area contributed by atoms with E-state index in [2.05, 4.69) is 44.0 Å². The summed E-state index contributed by atoms with van der Waals surface area (Å²) in [5.41, 5.74) is 2.91. The zero-order valence-electron chi connectivity index (χ0n) is 21.3. The lowest BCUT2D eigenvalue weighted by Crippen LogP contribution is -2.24. The summed E-state index contributed by atoms with van der Waals surface area (Å²) >= 11 is 3.41. The topological polar surface area (TPSA) is 65.4 Å². The van der Waals surface area contributed by atoms with Gasteiger partial charge in [0.25, 0.3) is 5.91 Å². The molecule has 3 aromatic carbocycles. The predicted octanol–water partition coefficient (Wildman–Crippen LogP) is 6.81. The van der Waals surface area contributed by atoms with E-state index < -0.39 is 0 Å². The van der Waals surface area contributed by atoms with Gasteiger partial charge in [0.15, 0.2) is 0 Å². The summed E-state index contributed by atoms with van der Waals surface area (Å²) in [5, 5.41) is 3.02. The van der Waals surface area contributed by atoms with E-state index in [0.29, 0.717) is 18.7 Å². The first-order valence-electron chi connectivity index (χ1n) is 12.9. The van der Waals surface area contributed by atoms with Crippen molar-refractivity contribution >= 4 is 32.9 Å². The number of amides is 1. The maximum Gasteiger partial charge on any atom is 0.251 e. The Morgan fingerprint density at radius 1 is 0.919 bits per heavy atom. The molecule has 1 heterocycles. The number of carbonyl (C=O) groups is 1. The molecule has 0 atom stereocenters. The molecule has 37 heavy (non-hydrogen) atoms. The molecular weight excluding hydrogens is 530 g/mol. The van der Waals surface area contributed by atoms with E-state index in [1.54, 1.807) is 7.11 Å². The fourth-order valence-electron chi connectivity index (χ4n) is 4.34. The second kappa shape index (κ2) is 13.8. The van der Waals surface area contributed by atoms with Crippen LogP contribution < -0.4 is 14.8 Å². The molecule has 0 aliphatic rings. The molecule has 0 aliphatic carbocycles. The molecule has 4 rings (SSSR count). The van der Waals surface area contributed by atoms with Crippen LogP contribution in [0, 0.1) is 0 Å². The number of rotatable bonds is 14. The van der Waals surface area contributed by atoms with Gasteiger partial charge in [0.05, 0.1) is 24.8 Å². The van der Waals surface area contributed by atoms with Gasteiger partial charge in [-0.05, 0) is 68.1 Å². The number of imidazole rings is 1. The summed E-state index contributed by atoms with van der Waals surface area (Å²) in [6, 6.07) is 23.5. The summed E-state index contributed by atoms with van der Waals surface area (Å²) < 4.78 is 14.4. The quantitative estimate of drug-likeness (QED) is 0.171. The first kappa shape index (κ1) is 26.7. The van der Waals surface area contributed by atoms with Crippen molar-refractivity contribution in [2.75, 3.05) is 20.3 Å². The minimum Gasteiger partial charge on any atom is -0.497 e. The summed E-state index contributed by atoms with van der Waals surface area (Å²) in [7, 11) is 1.66. The monoisotopic (exact) mass is 563 g/mol. The lowest BCUT2D eigenvalue weighted by molar-refractivity contribution is 0.0953. The van der Waals surface area contributed by atoms with E-state index >= 15 is 0 Å². The third-order valence-electron chi connectivity index (χ3n) is 6.27. The molecule has 0 bridgehead atoms. The van der Waals surface area contributed by atoms with E-state index in [0.717, 1.165) is 72.4 Å². The first-order chi connectivity index (χ1) is 18.1. The van der Waals surface area contributed by atoms with Crippen LogP contribution >= 0.6 is 15.9 Å². The third kappa shape index (κ3) is 7.83. The first-order valence-corrected chi connectivity index (χ1v) is 13.7. The van der Waals surface area contributed by atoms with Crippen LogP contribution in [-0.4, -0.2) is 35.7 Å². The number of benzene rings is 3. The van der Waals surface area contributed by atoms with Crippen molar-refractivity contribution in [2.45, 2.75) is 45.1 Å². The Hall–Kier alpha value is -3.32.